The Hall–Kier alpha value is -2.03. The molecule has 0 saturated heterocycles. The topological polar surface area (TPSA) is 52.6 Å². The van der Waals surface area contributed by atoms with E-state index in [0.29, 0.717) is 11.6 Å². The zero-order valence-corrected chi connectivity index (χ0v) is 12.0. The summed E-state index contributed by atoms with van der Waals surface area (Å²) in [5.41, 5.74) is 3.38. The van der Waals surface area contributed by atoms with Crippen molar-refractivity contribution in [3.8, 4) is 0 Å². The van der Waals surface area contributed by atoms with Gasteiger partial charge in [0.15, 0.2) is 6.10 Å². The van der Waals surface area contributed by atoms with Crippen molar-refractivity contribution >= 4 is 23.5 Å². The molecule has 1 rings (SSSR count). The summed E-state index contributed by atoms with van der Waals surface area (Å²) >= 11 is 5.80. The average Bonchev–Trinajstić information content (AvgIpc) is 2.38. The van der Waals surface area contributed by atoms with Crippen molar-refractivity contribution in [3.05, 3.63) is 52.7 Å². The summed E-state index contributed by atoms with van der Waals surface area (Å²) in [4.78, 5) is 22.2. The first-order valence-corrected chi connectivity index (χ1v) is 6.42. The van der Waals surface area contributed by atoms with E-state index in [1.165, 1.54) is 13.0 Å². The number of carbonyl (C=O) groups is 2. The van der Waals surface area contributed by atoms with Crippen LogP contribution >= 0.6 is 11.6 Å². The fourth-order valence-electron chi connectivity index (χ4n) is 1.42. The van der Waals surface area contributed by atoms with Crippen molar-refractivity contribution in [2.24, 2.45) is 0 Å². The van der Waals surface area contributed by atoms with Gasteiger partial charge in [-0.1, -0.05) is 23.7 Å². The molecule has 0 bridgehead atoms. The van der Waals surface area contributed by atoms with Gasteiger partial charge >= 0.3 is 11.9 Å². The number of halogens is 1. The average molecular weight is 295 g/mol. The lowest BCUT2D eigenvalue weighted by Crippen LogP contribution is -2.06. The molecule has 1 unspecified atom stereocenters. The molecule has 0 aliphatic rings. The van der Waals surface area contributed by atoms with Crippen LogP contribution in [-0.4, -0.2) is 18.5 Å². The highest BCUT2D eigenvalue weighted by atomic mass is 35.5. The highest BCUT2D eigenvalue weighted by molar-refractivity contribution is 6.30. The van der Waals surface area contributed by atoms with Crippen molar-refractivity contribution in [2.45, 2.75) is 20.0 Å². The lowest BCUT2D eigenvalue weighted by Gasteiger charge is -2.12. The minimum Gasteiger partial charge on any atom is -0.462 e. The highest BCUT2D eigenvalue weighted by Crippen LogP contribution is 2.21. The maximum absolute atomic E-state index is 11.1. The third kappa shape index (κ3) is 5.74. The molecule has 4 nitrogen and oxygen atoms in total. The number of esters is 2. The van der Waals surface area contributed by atoms with Crippen LogP contribution in [0.15, 0.2) is 42.1 Å². The number of hydrogen-bond donors (Lipinski definition) is 0. The van der Waals surface area contributed by atoms with Gasteiger partial charge in [0.1, 0.15) is 0 Å². The first kappa shape index (κ1) is 16.0. The van der Waals surface area contributed by atoms with Crippen molar-refractivity contribution in [2.75, 3.05) is 6.61 Å². The maximum atomic E-state index is 11.1. The van der Waals surface area contributed by atoms with Crippen molar-refractivity contribution in [1.82, 2.24) is 0 Å². The molecule has 0 aromatic heterocycles. The van der Waals surface area contributed by atoms with Gasteiger partial charge in [-0.05, 0) is 24.6 Å². The van der Waals surface area contributed by atoms with Crippen LogP contribution in [-0.2, 0) is 19.1 Å². The zero-order chi connectivity index (χ0) is 15.0. The molecule has 0 aliphatic heterocycles. The summed E-state index contributed by atoms with van der Waals surface area (Å²) in [6.45, 7) is 3.32. The Kier molecular flexibility index (Phi) is 6.57. The van der Waals surface area contributed by atoms with Crippen LogP contribution in [0.2, 0.25) is 5.02 Å². The second-order valence-electron chi connectivity index (χ2n) is 3.81. The molecule has 1 aromatic rings. The summed E-state index contributed by atoms with van der Waals surface area (Å²) in [7, 11) is 0. The third-order valence-corrected chi connectivity index (χ3v) is 2.48. The van der Waals surface area contributed by atoms with Gasteiger partial charge in [0, 0.05) is 18.0 Å². The predicted molar refractivity (Wildman–Crippen MR) is 75.2 cm³/mol. The molecule has 0 N–H and O–H groups in total. The Balaban J connectivity index is 2.90. The van der Waals surface area contributed by atoms with E-state index in [-0.39, 0.29) is 0 Å². The number of carbonyl (C=O) groups excluding carboxylic acids is 2. The first-order chi connectivity index (χ1) is 9.52. The molecule has 0 aliphatic carbocycles. The third-order valence-electron chi connectivity index (χ3n) is 2.23. The van der Waals surface area contributed by atoms with E-state index in [2.05, 4.69) is 5.73 Å². The highest BCUT2D eigenvalue weighted by Gasteiger charge is 2.11. The minimum absolute atomic E-state index is 0.293. The van der Waals surface area contributed by atoms with Crippen LogP contribution in [0.1, 0.15) is 25.5 Å². The molecule has 1 aromatic carbocycles. The standard InChI is InChI=1S/C15H15ClO4/c1-3-19-15(18)6-4-5-14(20-11(2)17)12-7-9-13(16)10-8-12/h5-10,14H,3H2,1-2H3. The minimum atomic E-state index is -0.629. The van der Waals surface area contributed by atoms with Gasteiger partial charge in [-0.2, -0.15) is 0 Å². The SMILES string of the molecule is CCOC(=O)C=C=CC(OC(C)=O)c1ccc(Cl)cc1. The van der Waals surface area contributed by atoms with Crippen molar-refractivity contribution in [3.63, 3.8) is 0 Å². The number of benzene rings is 1. The summed E-state index contributed by atoms with van der Waals surface area (Å²) in [5, 5.41) is 0.585. The van der Waals surface area contributed by atoms with Gasteiger partial charge < -0.3 is 9.47 Å². The summed E-state index contributed by atoms with van der Waals surface area (Å²) in [6, 6.07) is 6.85. The van der Waals surface area contributed by atoms with E-state index in [0.717, 1.165) is 11.6 Å². The first-order valence-electron chi connectivity index (χ1n) is 6.05. The van der Waals surface area contributed by atoms with Crippen LogP contribution in [0, 0.1) is 0 Å². The molecule has 5 heteroatoms. The Morgan fingerprint density at radius 1 is 1.35 bits per heavy atom. The van der Waals surface area contributed by atoms with Gasteiger partial charge in [0.2, 0.25) is 0 Å². The fourth-order valence-corrected chi connectivity index (χ4v) is 1.54. The van der Waals surface area contributed by atoms with Gasteiger partial charge in [-0.3, -0.25) is 4.79 Å². The van der Waals surface area contributed by atoms with Gasteiger partial charge in [-0.25, -0.2) is 4.79 Å². The molecule has 20 heavy (non-hydrogen) atoms. The number of rotatable bonds is 5. The van der Waals surface area contributed by atoms with E-state index in [9.17, 15) is 9.59 Å². The molecule has 0 heterocycles. The van der Waals surface area contributed by atoms with Crippen LogP contribution in [0.25, 0.3) is 0 Å². The normalized spacial score (nSPS) is 10.9. The Bertz CT molecular complexity index is 527. The van der Waals surface area contributed by atoms with E-state index in [1.807, 2.05) is 0 Å². The zero-order valence-electron chi connectivity index (χ0n) is 11.3. The fraction of sp³-hybridized carbons (Fsp3) is 0.267. The molecular formula is C15H15ClO4. The van der Waals surface area contributed by atoms with Crippen molar-refractivity contribution in [1.29, 1.82) is 0 Å². The summed E-state index contributed by atoms with van der Waals surface area (Å²) in [5.74, 6) is -0.930. The Morgan fingerprint density at radius 2 is 2.00 bits per heavy atom. The van der Waals surface area contributed by atoms with Gasteiger partial charge in [0.05, 0.1) is 12.7 Å². The number of ether oxygens (including phenoxy) is 2. The van der Waals surface area contributed by atoms with E-state index >= 15 is 0 Å². The summed E-state index contributed by atoms with van der Waals surface area (Å²) in [6.07, 6.45) is 1.99. The summed E-state index contributed by atoms with van der Waals surface area (Å²) < 4.78 is 9.87. The van der Waals surface area contributed by atoms with E-state index < -0.39 is 18.0 Å². The molecule has 0 fully saturated rings. The van der Waals surface area contributed by atoms with Crippen LogP contribution in [0.4, 0.5) is 0 Å². The molecule has 0 radical (unpaired) electrons. The van der Waals surface area contributed by atoms with Crippen LogP contribution in [0.3, 0.4) is 0 Å². The van der Waals surface area contributed by atoms with Gasteiger partial charge in [-0.15, -0.1) is 5.73 Å². The molecular weight excluding hydrogens is 280 g/mol. The quantitative estimate of drug-likeness (QED) is 0.475. The molecule has 1 atom stereocenters. The lowest BCUT2D eigenvalue weighted by molar-refractivity contribution is -0.144. The smallest absolute Gasteiger partial charge is 0.338 e. The molecule has 0 saturated carbocycles. The number of hydrogen-bond acceptors (Lipinski definition) is 4. The predicted octanol–water partition coefficient (Wildman–Crippen LogP) is 3.22. The van der Waals surface area contributed by atoms with Crippen LogP contribution < -0.4 is 0 Å². The van der Waals surface area contributed by atoms with E-state index in [1.54, 1.807) is 31.2 Å². The Labute approximate surface area is 122 Å². The lowest BCUT2D eigenvalue weighted by atomic mass is 10.1. The second-order valence-corrected chi connectivity index (χ2v) is 4.25. The maximum Gasteiger partial charge on any atom is 0.338 e. The van der Waals surface area contributed by atoms with E-state index in [4.69, 9.17) is 21.1 Å². The molecule has 0 spiro atoms. The second kappa shape index (κ2) is 8.20. The monoisotopic (exact) mass is 294 g/mol. The van der Waals surface area contributed by atoms with Gasteiger partial charge in [0.25, 0.3) is 0 Å². The molecule has 0 amide bonds. The van der Waals surface area contributed by atoms with Crippen LogP contribution in [0.5, 0.6) is 0 Å². The van der Waals surface area contributed by atoms with Crippen molar-refractivity contribution < 1.29 is 19.1 Å². The molecule has 106 valence electrons. The largest absolute Gasteiger partial charge is 0.462 e. The Morgan fingerprint density at radius 3 is 2.55 bits per heavy atom.